The van der Waals surface area contributed by atoms with Gasteiger partial charge in [-0.2, -0.15) is 13.2 Å². The second kappa shape index (κ2) is 6.33. The van der Waals surface area contributed by atoms with E-state index in [1.165, 1.54) is 18.3 Å². The van der Waals surface area contributed by atoms with Crippen LogP contribution in [0.2, 0.25) is 0 Å². The molecule has 0 aliphatic heterocycles. The molecule has 1 heterocycles. The van der Waals surface area contributed by atoms with Gasteiger partial charge in [0.05, 0.1) is 17.2 Å². The first kappa shape index (κ1) is 17.5. The molecule has 2 N–H and O–H groups in total. The van der Waals surface area contributed by atoms with Crippen molar-refractivity contribution in [2.75, 3.05) is 0 Å². The van der Waals surface area contributed by atoms with E-state index >= 15 is 0 Å². The van der Waals surface area contributed by atoms with Crippen LogP contribution in [0.3, 0.4) is 0 Å². The number of H-pyrrole nitrogens is 1. The Kier molecular flexibility index (Phi) is 4.09. The van der Waals surface area contributed by atoms with Crippen molar-refractivity contribution in [1.82, 2.24) is 4.98 Å². The van der Waals surface area contributed by atoms with Gasteiger partial charge in [-0.3, -0.25) is 0 Å². The number of nitrogens with one attached hydrogen (secondary N) is 1. The lowest BCUT2D eigenvalue weighted by Gasteiger charge is -2.35. The van der Waals surface area contributed by atoms with Crippen molar-refractivity contribution in [2.45, 2.75) is 31.0 Å². The highest BCUT2D eigenvalue weighted by Gasteiger charge is 2.33. The van der Waals surface area contributed by atoms with E-state index in [0.29, 0.717) is 11.1 Å². The van der Waals surface area contributed by atoms with E-state index in [1.54, 1.807) is 0 Å². The Morgan fingerprint density at radius 2 is 1.81 bits per heavy atom. The first-order chi connectivity index (χ1) is 12.8. The summed E-state index contributed by atoms with van der Waals surface area (Å²) in [6.45, 7) is 0. The smallest absolute Gasteiger partial charge is 0.416 e. The van der Waals surface area contributed by atoms with Crippen LogP contribution in [-0.2, 0) is 6.18 Å². The topological polar surface area (TPSA) is 62.3 Å². The third-order valence-electron chi connectivity index (χ3n) is 4.99. The average molecular weight is 375 g/mol. The van der Waals surface area contributed by atoms with E-state index < -0.39 is 17.7 Å². The molecule has 4 nitrogen and oxygen atoms in total. The predicted octanol–water partition coefficient (Wildman–Crippen LogP) is 5.21. The summed E-state index contributed by atoms with van der Waals surface area (Å²) in [5.74, 6) is -0.318. The summed E-state index contributed by atoms with van der Waals surface area (Å²) in [6.07, 6.45) is -1.47. The van der Waals surface area contributed by atoms with Crippen LogP contribution < -0.4 is 4.74 Å². The Balaban J connectivity index is 1.41. The standard InChI is InChI=1S/C20H16F3NO3/c21-20(22,23)13-2-4-14(5-3-13)27-15-7-12(8-15)11-1-6-18-16(9-11)17(10-24-18)19(25)26/h1-6,9-10,12,15,24H,7-8H2,(H,25,26). The molecule has 7 heteroatoms. The van der Waals surface area contributed by atoms with Gasteiger partial charge in [0.25, 0.3) is 0 Å². The maximum atomic E-state index is 12.6. The van der Waals surface area contributed by atoms with Crippen molar-refractivity contribution in [2.24, 2.45) is 0 Å². The minimum atomic E-state index is -4.36. The first-order valence-electron chi connectivity index (χ1n) is 8.49. The molecule has 0 saturated heterocycles. The van der Waals surface area contributed by atoms with Gasteiger partial charge >= 0.3 is 12.1 Å². The number of aromatic carboxylic acids is 1. The highest BCUT2D eigenvalue weighted by Crippen LogP contribution is 2.40. The maximum absolute atomic E-state index is 12.6. The fourth-order valence-corrected chi connectivity index (χ4v) is 3.42. The zero-order chi connectivity index (χ0) is 19.2. The highest BCUT2D eigenvalue weighted by molar-refractivity contribution is 6.03. The molecule has 0 unspecified atom stereocenters. The molecule has 1 aliphatic carbocycles. The van der Waals surface area contributed by atoms with E-state index in [2.05, 4.69) is 4.98 Å². The van der Waals surface area contributed by atoms with E-state index in [0.717, 1.165) is 36.1 Å². The number of carbonyl (C=O) groups is 1. The first-order valence-corrected chi connectivity index (χ1v) is 8.49. The minimum absolute atomic E-state index is 0.0624. The largest absolute Gasteiger partial charge is 0.490 e. The number of ether oxygens (including phenoxy) is 1. The van der Waals surface area contributed by atoms with Gasteiger partial charge in [-0.05, 0) is 60.7 Å². The van der Waals surface area contributed by atoms with Crippen LogP contribution in [0.25, 0.3) is 10.9 Å². The number of rotatable bonds is 4. The van der Waals surface area contributed by atoms with Crippen molar-refractivity contribution >= 4 is 16.9 Å². The Hall–Kier alpha value is -2.96. The Morgan fingerprint density at radius 1 is 1.11 bits per heavy atom. The Bertz CT molecular complexity index is 986. The number of halogens is 3. The number of fused-ring (bicyclic) bond motifs is 1. The summed E-state index contributed by atoms with van der Waals surface area (Å²) >= 11 is 0. The zero-order valence-corrected chi connectivity index (χ0v) is 14.1. The highest BCUT2D eigenvalue weighted by atomic mass is 19.4. The van der Waals surface area contributed by atoms with Crippen LogP contribution in [-0.4, -0.2) is 22.2 Å². The van der Waals surface area contributed by atoms with Gasteiger partial charge in [0.2, 0.25) is 0 Å². The summed E-state index contributed by atoms with van der Waals surface area (Å²) < 4.78 is 43.5. The van der Waals surface area contributed by atoms with Gasteiger partial charge < -0.3 is 14.8 Å². The van der Waals surface area contributed by atoms with Crippen molar-refractivity contribution in [3.63, 3.8) is 0 Å². The number of carboxylic acids is 1. The van der Waals surface area contributed by atoms with E-state index in [-0.39, 0.29) is 17.6 Å². The fraction of sp³-hybridized carbons (Fsp3) is 0.250. The van der Waals surface area contributed by atoms with Crippen LogP contribution in [0, 0.1) is 0 Å². The molecular weight excluding hydrogens is 359 g/mol. The summed E-state index contributed by atoms with van der Waals surface area (Å²) in [5, 5.41) is 9.91. The lowest BCUT2D eigenvalue weighted by atomic mass is 9.77. The van der Waals surface area contributed by atoms with Crippen LogP contribution in [0.15, 0.2) is 48.7 Å². The van der Waals surface area contributed by atoms with Crippen LogP contribution in [0.1, 0.15) is 40.2 Å². The summed E-state index contributed by atoms with van der Waals surface area (Å²) in [4.78, 5) is 14.2. The molecule has 1 saturated carbocycles. The van der Waals surface area contributed by atoms with Crippen LogP contribution in [0.5, 0.6) is 5.75 Å². The average Bonchev–Trinajstić information content (AvgIpc) is 3.00. The number of benzene rings is 2. The van der Waals surface area contributed by atoms with Crippen molar-refractivity contribution in [1.29, 1.82) is 0 Å². The number of hydrogen-bond acceptors (Lipinski definition) is 2. The van der Waals surface area contributed by atoms with E-state index in [9.17, 15) is 23.1 Å². The third-order valence-corrected chi connectivity index (χ3v) is 4.99. The quantitative estimate of drug-likeness (QED) is 0.658. The molecule has 27 heavy (non-hydrogen) atoms. The molecule has 0 spiro atoms. The van der Waals surface area contributed by atoms with Gasteiger partial charge in [0.1, 0.15) is 5.75 Å². The summed E-state index contributed by atoms with van der Waals surface area (Å²) in [5.41, 5.74) is 1.35. The fourth-order valence-electron chi connectivity index (χ4n) is 3.42. The summed E-state index contributed by atoms with van der Waals surface area (Å²) in [7, 11) is 0. The second-order valence-electron chi connectivity index (χ2n) is 6.74. The normalized spacial score (nSPS) is 19.7. The lowest BCUT2D eigenvalue weighted by molar-refractivity contribution is -0.137. The number of aromatic nitrogens is 1. The van der Waals surface area contributed by atoms with Crippen molar-refractivity contribution < 1.29 is 27.8 Å². The molecule has 140 valence electrons. The van der Waals surface area contributed by atoms with Crippen LogP contribution in [0.4, 0.5) is 13.2 Å². The van der Waals surface area contributed by atoms with E-state index in [1.807, 2.05) is 18.2 Å². The third kappa shape index (κ3) is 3.37. The molecule has 0 radical (unpaired) electrons. The molecule has 0 bridgehead atoms. The van der Waals surface area contributed by atoms with Gasteiger partial charge in [-0.25, -0.2) is 4.79 Å². The lowest BCUT2D eigenvalue weighted by Crippen LogP contribution is -2.32. The number of carboxylic acid groups (broad SMARTS) is 1. The van der Waals surface area contributed by atoms with Gasteiger partial charge in [-0.15, -0.1) is 0 Å². The summed E-state index contributed by atoms with van der Waals surface area (Å²) in [6, 6.07) is 10.4. The van der Waals surface area contributed by atoms with E-state index in [4.69, 9.17) is 4.74 Å². The van der Waals surface area contributed by atoms with Crippen LogP contribution >= 0.6 is 0 Å². The Morgan fingerprint density at radius 3 is 2.44 bits per heavy atom. The molecular formula is C20H16F3NO3. The van der Waals surface area contributed by atoms with Gasteiger partial charge in [-0.1, -0.05) is 6.07 Å². The molecule has 0 amide bonds. The molecule has 4 rings (SSSR count). The Labute approximate surface area is 152 Å². The SMILES string of the molecule is O=C(O)c1c[nH]c2ccc(C3CC(Oc4ccc(C(F)(F)F)cc4)C3)cc12. The molecule has 2 aromatic carbocycles. The number of aromatic amines is 1. The van der Waals surface area contributed by atoms with Gasteiger partial charge in [0, 0.05) is 17.1 Å². The maximum Gasteiger partial charge on any atom is 0.416 e. The molecule has 1 aliphatic rings. The van der Waals surface area contributed by atoms with Gasteiger partial charge in [0.15, 0.2) is 0 Å². The zero-order valence-electron chi connectivity index (χ0n) is 14.1. The predicted molar refractivity (Wildman–Crippen MR) is 93.1 cm³/mol. The minimum Gasteiger partial charge on any atom is -0.490 e. The number of hydrogen-bond donors (Lipinski definition) is 2. The second-order valence-corrected chi connectivity index (χ2v) is 6.74. The van der Waals surface area contributed by atoms with Crippen molar-refractivity contribution in [3.05, 3.63) is 65.4 Å². The van der Waals surface area contributed by atoms with Crippen molar-refractivity contribution in [3.8, 4) is 5.75 Å². The molecule has 0 atom stereocenters. The monoisotopic (exact) mass is 375 g/mol. The molecule has 1 fully saturated rings. The number of alkyl halides is 3. The molecule has 1 aromatic heterocycles. The molecule has 3 aromatic rings.